The third-order valence-electron chi connectivity index (χ3n) is 4.51. The molecule has 0 amide bonds. The Kier molecular flexibility index (Phi) is 5.74. The fourth-order valence-electron chi connectivity index (χ4n) is 2.96. The molecule has 6 nitrogen and oxygen atoms in total. The Bertz CT molecular complexity index is 1290. The Morgan fingerprint density at radius 1 is 0.938 bits per heavy atom. The van der Waals surface area contributed by atoms with Crippen LogP contribution in [0.4, 0.5) is 18.9 Å². The van der Waals surface area contributed by atoms with Crippen LogP contribution >= 0.6 is 11.6 Å². The van der Waals surface area contributed by atoms with Gasteiger partial charge in [0, 0.05) is 0 Å². The van der Waals surface area contributed by atoms with E-state index in [1.54, 1.807) is 30.3 Å². The molecule has 1 heterocycles. The number of sulfonamides is 1. The molecule has 0 saturated heterocycles. The van der Waals surface area contributed by atoms with E-state index in [9.17, 15) is 21.6 Å². The summed E-state index contributed by atoms with van der Waals surface area (Å²) < 4.78 is 71.6. The van der Waals surface area contributed by atoms with Gasteiger partial charge in [-0.3, -0.25) is 0 Å². The molecular weight excluding hydrogens is 467 g/mol. The highest BCUT2D eigenvalue weighted by Gasteiger charge is 2.31. The second-order valence-electron chi connectivity index (χ2n) is 6.75. The highest BCUT2D eigenvalue weighted by atomic mass is 35.5. The maximum atomic E-state index is 12.7. The van der Waals surface area contributed by atoms with Crippen molar-refractivity contribution in [3.63, 3.8) is 0 Å². The first kappa shape index (κ1) is 22.0. The first-order valence-electron chi connectivity index (χ1n) is 9.19. The second kappa shape index (κ2) is 8.36. The molecule has 0 saturated carbocycles. The molecule has 0 radical (unpaired) electrons. The number of benzene rings is 3. The van der Waals surface area contributed by atoms with Gasteiger partial charge < -0.3 is 10.1 Å². The van der Waals surface area contributed by atoms with Crippen LogP contribution in [0.15, 0.2) is 76.6 Å². The summed E-state index contributed by atoms with van der Waals surface area (Å²) in [5.41, 5.74) is -0.143. The van der Waals surface area contributed by atoms with E-state index in [-0.39, 0.29) is 28.8 Å². The number of halogens is 4. The van der Waals surface area contributed by atoms with Crippen molar-refractivity contribution >= 4 is 33.3 Å². The van der Waals surface area contributed by atoms with Crippen molar-refractivity contribution in [3.05, 3.63) is 82.9 Å². The van der Waals surface area contributed by atoms with Crippen molar-refractivity contribution in [2.24, 2.45) is 4.99 Å². The molecule has 0 aliphatic carbocycles. The van der Waals surface area contributed by atoms with E-state index in [1.807, 2.05) is 0 Å². The monoisotopic (exact) mass is 481 g/mol. The number of rotatable bonds is 4. The van der Waals surface area contributed by atoms with Gasteiger partial charge in [-0.2, -0.15) is 13.2 Å². The van der Waals surface area contributed by atoms with Crippen LogP contribution in [0.25, 0.3) is 0 Å². The summed E-state index contributed by atoms with van der Waals surface area (Å²) in [6.45, 7) is -0.0497. The summed E-state index contributed by atoms with van der Waals surface area (Å²) in [7, 11) is -3.95. The Balaban J connectivity index is 1.61. The van der Waals surface area contributed by atoms with E-state index < -0.39 is 21.8 Å². The molecule has 3 aromatic carbocycles. The number of anilines is 1. The molecule has 0 aromatic heterocycles. The topological polar surface area (TPSA) is 79.8 Å². The van der Waals surface area contributed by atoms with E-state index in [0.29, 0.717) is 16.3 Å². The van der Waals surface area contributed by atoms with Crippen molar-refractivity contribution in [3.8, 4) is 11.5 Å². The minimum Gasteiger partial charge on any atom is -0.454 e. The van der Waals surface area contributed by atoms with Crippen molar-refractivity contribution < 1.29 is 26.3 Å². The van der Waals surface area contributed by atoms with Gasteiger partial charge in [0.25, 0.3) is 10.0 Å². The number of para-hydroxylation sites is 2. The standard InChI is InChI=1S/C21H15ClF3N3O3S/c22-15-4-1-2-5-16(15)31-17-6-3-7-18-19(17)27-20(28-32(18,29)30)26-12-13-8-10-14(11-9-13)21(23,24)25/h1-11H,12H2,(H2,26,27,28). The number of aliphatic imine (C=N–C) groups is 1. The van der Waals surface area contributed by atoms with Crippen molar-refractivity contribution in [2.75, 3.05) is 5.32 Å². The fourth-order valence-corrected chi connectivity index (χ4v) is 4.29. The summed E-state index contributed by atoms with van der Waals surface area (Å²) in [4.78, 5) is 4.11. The molecule has 0 fully saturated rings. The maximum Gasteiger partial charge on any atom is 0.416 e. The number of nitrogens with one attached hydrogen (secondary N) is 2. The molecule has 2 N–H and O–H groups in total. The van der Waals surface area contributed by atoms with Gasteiger partial charge in [0.2, 0.25) is 5.96 Å². The fraction of sp³-hybridized carbons (Fsp3) is 0.0952. The number of ether oxygens (including phenoxy) is 1. The quantitative estimate of drug-likeness (QED) is 0.522. The Labute approximate surface area is 186 Å². The van der Waals surface area contributed by atoms with Crippen LogP contribution in [0.3, 0.4) is 0 Å². The molecule has 0 unspecified atom stereocenters. The number of nitrogens with zero attached hydrogens (tertiary/aromatic N) is 1. The maximum absolute atomic E-state index is 12.7. The van der Waals surface area contributed by atoms with Crippen LogP contribution in [0.1, 0.15) is 11.1 Å². The Morgan fingerprint density at radius 2 is 1.62 bits per heavy atom. The van der Waals surface area contributed by atoms with Gasteiger partial charge in [0.1, 0.15) is 16.3 Å². The summed E-state index contributed by atoms with van der Waals surface area (Å²) in [6.07, 6.45) is -4.44. The minimum absolute atomic E-state index is 0.0458. The second-order valence-corrected chi connectivity index (χ2v) is 8.81. The van der Waals surface area contributed by atoms with Gasteiger partial charge in [-0.25, -0.2) is 18.1 Å². The van der Waals surface area contributed by atoms with Crippen LogP contribution in [-0.2, 0) is 22.7 Å². The Hall–Kier alpha value is -3.24. The van der Waals surface area contributed by atoms with Gasteiger partial charge in [-0.05, 0) is 42.0 Å². The highest BCUT2D eigenvalue weighted by Crippen LogP contribution is 2.38. The first-order chi connectivity index (χ1) is 15.1. The smallest absolute Gasteiger partial charge is 0.416 e. The average molecular weight is 482 g/mol. The van der Waals surface area contributed by atoms with E-state index in [1.165, 1.54) is 24.3 Å². The van der Waals surface area contributed by atoms with Crippen LogP contribution in [-0.4, -0.2) is 14.4 Å². The van der Waals surface area contributed by atoms with E-state index in [4.69, 9.17) is 16.3 Å². The average Bonchev–Trinajstić information content (AvgIpc) is 2.74. The minimum atomic E-state index is -4.44. The van der Waals surface area contributed by atoms with Crippen molar-refractivity contribution in [1.82, 2.24) is 4.72 Å². The molecule has 0 bridgehead atoms. The van der Waals surface area contributed by atoms with Gasteiger partial charge in [-0.15, -0.1) is 0 Å². The lowest BCUT2D eigenvalue weighted by molar-refractivity contribution is -0.137. The zero-order chi connectivity index (χ0) is 22.9. The third kappa shape index (κ3) is 4.66. The largest absolute Gasteiger partial charge is 0.454 e. The van der Waals surface area contributed by atoms with E-state index in [2.05, 4.69) is 15.0 Å². The van der Waals surface area contributed by atoms with Crippen LogP contribution in [0, 0.1) is 0 Å². The first-order valence-corrected chi connectivity index (χ1v) is 11.1. The predicted molar refractivity (Wildman–Crippen MR) is 114 cm³/mol. The number of fused-ring (bicyclic) bond motifs is 1. The lowest BCUT2D eigenvalue weighted by Crippen LogP contribution is -2.40. The number of hydrogen-bond donors (Lipinski definition) is 2. The molecule has 1 aliphatic heterocycles. The zero-order valence-electron chi connectivity index (χ0n) is 16.2. The number of guanidine groups is 1. The molecular formula is C21H15ClF3N3O3S. The normalized spacial score (nSPS) is 16.1. The summed E-state index contributed by atoms with van der Waals surface area (Å²) in [5.74, 6) is 0.457. The summed E-state index contributed by atoms with van der Waals surface area (Å²) >= 11 is 6.13. The van der Waals surface area contributed by atoms with E-state index >= 15 is 0 Å². The Morgan fingerprint density at radius 3 is 2.31 bits per heavy atom. The zero-order valence-corrected chi connectivity index (χ0v) is 17.7. The van der Waals surface area contributed by atoms with Crippen molar-refractivity contribution in [1.29, 1.82) is 0 Å². The van der Waals surface area contributed by atoms with Crippen LogP contribution in [0.5, 0.6) is 11.5 Å². The predicted octanol–water partition coefficient (Wildman–Crippen LogP) is 5.41. The molecule has 3 aromatic rings. The van der Waals surface area contributed by atoms with Gasteiger partial charge in [0.15, 0.2) is 5.75 Å². The summed E-state index contributed by atoms with van der Waals surface area (Å²) in [5, 5.41) is 3.22. The van der Waals surface area contributed by atoms with Crippen LogP contribution < -0.4 is 14.8 Å². The van der Waals surface area contributed by atoms with E-state index in [0.717, 1.165) is 12.1 Å². The van der Waals surface area contributed by atoms with Gasteiger partial charge in [0.05, 0.1) is 17.1 Å². The van der Waals surface area contributed by atoms with Crippen molar-refractivity contribution in [2.45, 2.75) is 17.6 Å². The van der Waals surface area contributed by atoms with Gasteiger partial charge in [-0.1, -0.05) is 41.9 Å². The lowest BCUT2D eigenvalue weighted by atomic mass is 10.1. The molecule has 0 atom stereocenters. The highest BCUT2D eigenvalue weighted by molar-refractivity contribution is 7.90. The third-order valence-corrected chi connectivity index (χ3v) is 6.20. The molecule has 0 spiro atoms. The lowest BCUT2D eigenvalue weighted by Gasteiger charge is -2.23. The molecule has 166 valence electrons. The number of alkyl halides is 3. The van der Waals surface area contributed by atoms with Crippen LogP contribution in [0.2, 0.25) is 5.02 Å². The SMILES string of the molecule is O=S1(=O)NC(=NCc2ccc(C(F)(F)F)cc2)Nc2c(Oc3ccccc3Cl)cccc21. The molecule has 11 heteroatoms. The molecule has 1 aliphatic rings. The molecule has 32 heavy (non-hydrogen) atoms. The van der Waals surface area contributed by atoms with Gasteiger partial charge >= 0.3 is 6.18 Å². The number of hydrogen-bond acceptors (Lipinski definition) is 4. The summed E-state index contributed by atoms with van der Waals surface area (Å²) in [6, 6.07) is 15.7. The molecule has 4 rings (SSSR count).